The van der Waals surface area contributed by atoms with Crippen LogP contribution >= 0.6 is 0 Å². The van der Waals surface area contributed by atoms with Crippen molar-refractivity contribution in [3.05, 3.63) is 0 Å². The van der Waals surface area contributed by atoms with E-state index in [0.29, 0.717) is 0 Å². The molecule has 0 aromatic rings. The van der Waals surface area contributed by atoms with Gasteiger partial charge in [0.05, 0.1) is 0 Å². The van der Waals surface area contributed by atoms with Gasteiger partial charge in [-0.25, -0.2) is 13.5 Å². The highest BCUT2D eigenvalue weighted by molar-refractivity contribution is 7.87. The predicted molar refractivity (Wildman–Crippen MR) is 43.7 cm³/mol. The molecular weight excluding hydrogens is 202 g/mol. The van der Waals surface area contributed by atoms with Crippen LogP contribution in [0.3, 0.4) is 0 Å². The number of hydrogen-bond donors (Lipinski definition) is 1. The van der Waals surface area contributed by atoms with Gasteiger partial charge in [0.15, 0.2) is 0 Å². The third kappa shape index (κ3) is 2.58. The van der Waals surface area contributed by atoms with Crippen molar-refractivity contribution < 1.29 is 17.2 Å². The fourth-order valence-electron chi connectivity index (χ4n) is 1.18. The fourth-order valence-corrected chi connectivity index (χ4v) is 2.10. The van der Waals surface area contributed by atoms with Crippen LogP contribution in [0.5, 0.6) is 0 Å². The Morgan fingerprint density at radius 3 is 2.15 bits per heavy atom. The molecule has 0 bridgehead atoms. The molecular formula is C6H12F2N2O2S. The topological polar surface area (TPSA) is 49.4 Å². The van der Waals surface area contributed by atoms with Gasteiger partial charge in [-0.15, -0.1) is 0 Å². The summed E-state index contributed by atoms with van der Waals surface area (Å²) in [6.45, 7) is -0.230. The minimum atomic E-state index is -3.52. The van der Waals surface area contributed by atoms with Crippen molar-refractivity contribution in [2.45, 2.75) is 18.8 Å². The molecule has 0 radical (unpaired) electrons. The maximum atomic E-state index is 12.6. The Balaban J connectivity index is 2.61. The molecule has 0 saturated carbocycles. The van der Waals surface area contributed by atoms with Crippen LogP contribution in [0.15, 0.2) is 0 Å². The van der Waals surface area contributed by atoms with Gasteiger partial charge in [-0.3, -0.25) is 0 Å². The van der Waals surface area contributed by atoms with E-state index >= 15 is 0 Å². The summed E-state index contributed by atoms with van der Waals surface area (Å²) >= 11 is 0. The number of rotatable bonds is 2. The highest BCUT2D eigenvalue weighted by Gasteiger charge is 2.37. The van der Waals surface area contributed by atoms with Crippen molar-refractivity contribution in [2.24, 2.45) is 0 Å². The molecule has 0 unspecified atom stereocenters. The van der Waals surface area contributed by atoms with E-state index in [-0.39, 0.29) is 13.1 Å². The van der Waals surface area contributed by atoms with Gasteiger partial charge in [-0.1, -0.05) is 0 Å². The molecule has 0 spiro atoms. The fraction of sp³-hybridized carbons (Fsp3) is 1.00. The Morgan fingerprint density at radius 1 is 1.31 bits per heavy atom. The first-order valence-corrected chi connectivity index (χ1v) is 5.38. The number of nitrogens with one attached hydrogen (secondary N) is 1. The van der Waals surface area contributed by atoms with Gasteiger partial charge in [-0.2, -0.15) is 12.7 Å². The molecule has 1 saturated heterocycles. The van der Waals surface area contributed by atoms with Gasteiger partial charge >= 0.3 is 0 Å². The second-order valence-corrected chi connectivity index (χ2v) is 4.84. The molecule has 1 N–H and O–H groups in total. The minimum Gasteiger partial charge on any atom is -0.207 e. The smallest absolute Gasteiger partial charge is 0.207 e. The average molecular weight is 214 g/mol. The first-order chi connectivity index (χ1) is 5.87. The molecule has 1 aliphatic heterocycles. The zero-order valence-corrected chi connectivity index (χ0v) is 8.07. The Bertz CT molecular complexity index is 268. The monoisotopic (exact) mass is 214 g/mol. The van der Waals surface area contributed by atoms with E-state index in [9.17, 15) is 17.2 Å². The molecule has 0 aliphatic carbocycles. The average Bonchev–Trinajstić information content (AvgIpc) is 2.04. The van der Waals surface area contributed by atoms with Crippen LogP contribution in [-0.4, -0.2) is 38.8 Å². The lowest BCUT2D eigenvalue weighted by atomic mass is 10.1. The van der Waals surface area contributed by atoms with Gasteiger partial charge in [0.1, 0.15) is 0 Å². The number of halogens is 2. The lowest BCUT2D eigenvalue weighted by Gasteiger charge is -2.30. The Hall–Kier alpha value is -0.270. The summed E-state index contributed by atoms with van der Waals surface area (Å²) in [6.07, 6.45) is -0.790. The Labute approximate surface area is 76.1 Å². The largest absolute Gasteiger partial charge is 0.279 e. The van der Waals surface area contributed by atoms with Crippen molar-refractivity contribution in [1.82, 2.24) is 9.03 Å². The summed E-state index contributed by atoms with van der Waals surface area (Å²) in [4.78, 5) is 0. The minimum absolute atomic E-state index is 0.115. The van der Waals surface area contributed by atoms with Gasteiger partial charge < -0.3 is 0 Å². The molecule has 4 nitrogen and oxygen atoms in total. The molecule has 0 aromatic carbocycles. The van der Waals surface area contributed by atoms with E-state index in [1.165, 1.54) is 7.05 Å². The van der Waals surface area contributed by atoms with Crippen molar-refractivity contribution in [1.29, 1.82) is 0 Å². The summed E-state index contributed by atoms with van der Waals surface area (Å²) in [6, 6.07) is 0. The van der Waals surface area contributed by atoms with Crippen LogP contribution in [0.2, 0.25) is 0 Å². The summed E-state index contributed by atoms with van der Waals surface area (Å²) in [5, 5.41) is 0. The highest BCUT2D eigenvalue weighted by atomic mass is 32.2. The van der Waals surface area contributed by atoms with Crippen LogP contribution in [0.25, 0.3) is 0 Å². The van der Waals surface area contributed by atoms with Crippen molar-refractivity contribution >= 4 is 10.2 Å². The number of alkyl halides is 2. The van der Waals surface area contributed by atoms with Crippen molar-refractivity contribution in [3.8, 4) is 0 Å². The molecule has 1 rings (SSSR count). The van der Waals surface area contributed by atoms with Crippen LogP contribution < -0.4 is 4.72 Å². The number of hydrogen-bond acceptors (Lipinski definition) is 2. The van der Waals surface area contributed by atoms with Crippen molar-refractivity contribution in [2.75, 3.05) is 20.1 Å². The maximum Gasteiger partial charge on any atom is 0.279 e. The van der Waals surface area contributed by atoms with Crippen LogP contribution in [0.1, 0.15) is 12.8 Å². The lowest BCUT2D eigenvalue weighted by Crippen LogP contribution is -2.46. The van der Waals surface area contributed by atoms with Gasteiger partial charge in [0.2, 0.25) is 0 Å². The standard InChI is InChI=1S/C6H12F2N2O2S/c1-9-13(11,12)10-4-2-6(7,8)3-5-10/h9H,2-5H2,1H3. The third-order valence-electron chi connectivity index (χ3n) is 2.05. The van der Waals surface area contributed by atoms with Crippen molar-refractivity contribution in [3.63, 3.8) is 0 Å². The van der Waals surface area contributed by atoms with Gasteiger partial charge in [0, 0.05) is 33.0 Å². The maximum absolute atomic E-state index is 12.6. The summed E-state index contributed by atoms with van der Waals surface area (Å²) in [5.41, 5.74) is 0. The first kappa shape index (κ1) is 10.8. The quantitative estimate of drug-likeness (QED) is 0.713. The third-order valence-corrected chi connectivity index (χ3v) is 3.61. The normalized spacial score (nSPS) is 24.5. The number of nitrogens with zero attached hydrogens (tertiary/aromatic N) is 1. The Morgan fingerprint density at radius 2 is 1.77 bits per heavy atom. The van der Waals surface area contributed by atoms with E-state index < -0.39 is 29.0 Å². The predicted octanol–water partition coefficient (Wildman–Crippen LogP) is 0.182. The Kier molecular flexibility index (Phi) is 2.88. The van der Waals surface area contributed by atoms with Gasteiger partial charge in [0.25, 0.3) is 16.1 Å². The first-order valence-electron chi connectivity index (χ1n) is 3.94. The zero-order chi connectivity index (χ0) is 10.1. The second kappa shape index (κ2) is 3.47. The molecule has 0 amide bonds. The number of piperidine rings is 1. The summed E-state index contributed by atoms with van der Waals surface area (Å²) in [7, 11) is -2.26. The summed E-state index contributed by atoms with van der Waals surface area (Å²) < 4.78 is 50.7. The van der Waals surface area contributed by atoms with Gasteiger partial charge in [-0.05, 0) is 0 Å². The zero-order valence-electron chi connectivity index (χ0n) is 7.26. The molecule has 1 heterocycles. The molecule has 0 aromatic heterocycles. The van der Waals surface area contributed by atoms with E-state index in [1.54, 1.807) is 0 Å². The molecule has 1 fully saturated rings. The molecule has 13 heavy (non-hydrogen) atoms. The molecule has 7 heteroatoms. The van der Waals surface area contributed by atoms with Crippen LogP contribution in [0.4, 0.5) is 8.78 Å². The molecule has 78 valence electrons. The van der Waals surface area contributed by atoms with E-state index in [0.717, 1.165) is 4.31 Å². The lowest BCUT2D eigenvalue weighted by molar-refractivity contribution is -0.0413. The van der Waals surface area contributed by atoms with E-state index in [1.807, 2.05) is 0 Å². The van der Waals surface area contributed by atoms with E-state index in [4.69, 9.17) is 0 Å². The van der Waals surface area contributed by atoms with Crippen LogP contribution in [-0.2, 0) is 10.2 Å². The van der Waals surface area contributed by atoms with E-state index in [2.05, 4.69) is 4.72 Å². The molecule has 0 atom stereocenters. The van der Waals surface area contributed by atoms with Crippen LogP contribution in [0, 0.1) is 0 Å². The second-order valence-electron chi connectivity index (χ2n) is 2.96. The SMILES string of the molecule is CNS(=O)(=O)N1CCC(F)(F)CC1. The molecule has 1 aliphatic rings. The highest BCUT2D eigenvalue weighted by Crippen LogP contribution is 2.28. The summed E-state index contributed by atoms with van der Waals surface area (Å²) in [5.74, 6) is -2.71.